The molecule has 0 bridgehead atoms. The fraction of sp³-hybridized carbons (Fsp3) is 0.786. The van der Waals surface area contributed by atoms with Crippen molar-refractivity contribution in [3.05, 3.63) is 18.2 Å². The van der Waals surface area contributed by atoms with E-state index in [2.05, 4.69) is 20.6 Å². The molecule has 0 amide bonds. The van der Waals surface area contributed by atoms with Gasteiger partial charge in [-0.1, -0.05) is 6.42 Å². The van der Waals surface area contributed by atoms with Gasteiger partial charge in [-0.15, -0.1) is 0 Å². The van der Waals surface area contributed by atoms with Gasteiger partial charge in [0.2, 0.25) is 0 Å². The smallest absolute Gasteiger partial charge is 0.0950 e. The second kappa shape index (κ2) is 5.41. The van der Waals surface area contributed by atoms with Crippen LogP contribution in [0.5, 0.6) is 0 Å². The summed E-state index contributed by atoms with van der Waals surface area (Å²) in [6.45, 7) is 3.84. The Morgan fingerprint density at radius 2 is 2.17 bits per heavy atom. The van der Waals surface area contributed by atoms with E-state index in [1.54, 1.807) is 0 Å². The van der Waals surface area contributed by atoms with Crippen LogP contribution in [-0.4, -0.2) is 33.6 Å². The molecule has 1 saturated carbocycles. The number of nitrogens with zero attached hydrogens (tertiary/aromatic N) is 3. The summed E-state index contributed by atoms with van der Waals surface area (Å²) >= 11 is 0. The molecular formula is C14H24N4. The van der Waals surface area contributed by atoms with Gasteiger partial charge in [-0.25, -0.2) is 4.98 Å². The molecule has 2 heterocycles. The highest BCUT2D eigenvalue weighted by molar-refractivity contribution is 4.99. The summed E-state index contributed by atoms with van der Waals surface area (Å²) < 4.78 is 2.10. The SMILES string of the molecule is NCCn1cnc(CN2CCCC3CCCC32)c1. The lowest BCUT2D eigenvalue weighted by Gasteiger charge is -2.37. The standard InChI is InChI=1S/C14H24N4/c15-6-8-17-9-13(16-11-17)10-18-7-2-4-12-3-1-5-14(12)18/h9,11-12,14H,1-8,10,15H2. The highest BCUT2D eigenvalue weighted by Crippen LogP contribution is 2.37. The van der Waals surface area contributed by atoms with Crippen LogP contribution in [0, 0.1) is 5.92 Å². The zero-order chi connectivity index (χ0) is 12.4. The van der Waals surface area contributed by atoms with Crippen LogP contribution in [0.2, 0.25) is 0 Å². The minimum absolute atomic E-state index is 0.685. The molecule has 2 unspecified atom stereocenters. The first kappa shape index (κ1) is 12.2. The van der Waals surface area contributed by atoms with E-state index in [1.165, 1.54) is 44.3 Å². The van der Waals surface area contributed by atoms with Crippen LogP contribution in [0.1, 0.15) is 37.8 Å². The van der Waals surface area contributed by atoms with Crippen molar-refractivity contribution >= 4 is 0 Å². The molecular weight excluding hydrogens is 224 g/mol. The van der Waals surface area contributed by atoms with E-state index in [1.807, 2.05) is 6.33 Å². The van der Waals surface area contributed by atoms with Crippen LogP contribution < -0.4 is 5.73 Å². The summed E-state index contributed by atoms with van der Waals surface area (Å²) in [5.41, 5.74) is 6.77. The molecule has 2 atom stereocenters. The first-order valence-corrected chi connectivity index (χ1v) is 7.31. The minimum atomic E-state index is 0.685. The Morgan fingerprint density at radius 3 is 3.06 bits per heavy atom. The van der Waals surface area contributed by atoms with Crippen LogP contribution in [0.3, 0.4) is 0 Å². The molecule has 100 valence electrons. The summed E-state index contributed by atoms with van der Waals surface area (Å²) in [5, 5.41) is 0. The predicted molar refractivity (Wildman–Crippen MR) is 72.1 cm³/mol. The lowest BCUT2D eigenvalue weighted by atomic mass is 9.92. The molecule has 1 aromatic rings. The second-order valence-electron chi connectivity index (χ2n) is 5.76. The summed E-state index contributed by atoms with van der Waals surface area (Å²) in [7, 11) is 0. The molecule has 1 aliphatic carbocycles. The average molecular weight is 248 g/mol. The van der Waals surface area contributed by atoms with E-state index < -0.39 is 0 Å². The fourth-order valence-corrected chi connectivity index (χ4v) is 3.72. The minimum Gasteiger partial charge on any atom is -0.336 e. The molecule has 4 nitrogen and oxygen atoms in total. The molecule has 2 aliphatic rings. The Balaban J connectivity index is 1.63. The highest BCUT2D eigenvalue weighted by Gasteiger charge is 2.34. The van der Waals surface area contributed by atoms with Crippen molar-refractivity contribution in [1.29, 1.82) is 0 Å². The van der Waals surface area contributed by atoms with Crippen LogP contribution in [0.4, 0.5) is 0 Å². The van der Waals surface area contributed by atoms with E-state index in [9.17, 15) is 0 Å². The third-order valence-electron chi connectivity index (χ3n) is 4.55. The molecule has 4 heteroatoms. The number of fused-ring (bicyclic) bond motifs is 1. The Hall–Kier alpha value is -0.870. The van der Waals surface area contributed by atoms with Gasteiger partial charge in [0.25, 0.3) is 0 Å². The molecule has 1 saturated heterocycles. The summed E-state index contributed by atoms with van der Waals surface area (Å²) in [6, 6.07) is 0.832. The van der Waals surface area contributed by atoms with Gasteiger partial charge in [-0.2, -0.15) is 0 Å². The van der Waals surface area contributed by atoms with E-state index >= 15 is 0 Å². The van der Waals surface area contributed by atoms with Gasteiger partial charge in [-0.05, 0) is 38.1 Å². The second-order valence-corrected chi connectivity index (χ2v) is 5.76. The van der Waals surface area contributed by atoms with Gasteiger partial charge in [0.15, 0.2) is 0 Å². The van der Waals surface area contributed by atoms with Crippen molar-refractivity contribution in [1.82, 2.24) is 14.5 Å². The zero-order valence-electron chi connectivity index (χ0n) is 11.1. The quantitative estimate of drug-likeness (QED) is 0.880. The number of hydrogen-bond donors (Lipinski definition) is 1. The van der Waals surface area contributed by atoms with Crippen LogP contribution in [0.25, 0.3) is 0 Å². The molecule has 2 N–H and O–H groups in total. The Bertz CT molecular complexity index is 387. The Morgan fingerprint density at radius 1 is 1.28 bits per heavy atom. The highest BCUT2D eigenvalue weighted by atomic mass is 15.2. The monoisotopic (exact) mass is 248 g/mol. The normalized spacial score (nSPS) is 28.5. The predicted octanol–water partition coefficient (Wildman–Crippen LogP) is 1.61. The van der Waals surface area contributed by atoms with Crippen molar-refractivity contribution < 1.29 is 0 Å². The number of hydrogen-bond acceptors (Lipinski definition) is 3. The van der Waals surface area contributed by atoms with Crippen molar-refractivity contribution in [2.24, 2.45) is 11.7 Å². The van der Waals surface area contributed by atoms with Crippen molar-refractivity contribution in [3.8, 4) is 0 Å². The number of likely N-dealkylation sites (tertiary alicyclic amines) is 1. The summed E-state index contributed by atoms with van der Waals surface area (Å²) in [5.74, 6) is 0.963. The molecule has 1 aromatic heterocycles. The zero-order valence-corrected chi connectivity index (χ0v) is 11.1. The molecule has 2 fully saturated rings. The van der Waals surface area contributed by atoms with E-state index in [4.69, 9.17) is 5.73 Å². The van der Waals surface area contributed by atoms with Gasteiger partial charge >= 0.3 is 0 Å². The van der Waals surface area contributed by atoms with E-state index in [-0.39, 0.29) is 0 Å². The maximum Gasteiger partial charge on any atom is 0.0950 e. The van der Waals surface area contributed by atoms with Crippen LogP contribution >= 0.6 is 0 Å². The number of piperidine rings is 1. The first-order chi connectivity index (χ1) is 8.86. The van der Waals surface area contributed by atoms with Gasteiger partial charge in [-0.3, -0.25) is 4.90 Å². The number of nitrogens with two attached hydrogens (primary N) is 1. The lowest BCUT2D eigenvalue weighted by molar-refractivity contribution is 0.104. The van der Waals surface area contributed by atoms with Crippen molar-refractivity contribution in [2.75, 3.05) is 13.1 Å². The number of rotatable bonds is 4. The van der Waals surface area contributed by atoms with Gasteiger partial charge in [0.05, 0.1) is 12.0 Å². The van der Waals surface area contributed by atoms with E-state index in [0.29, 0.717) is 6.54 Å². The summed E-state index contributed by atoms with van der Waals surface area (Å²) in [6.07, 6.45) is 11.2. The third-order valence-corrected chi connectivity index (χ3v) is 4.55. The maximum atomic E-state index is 5.57. The molecule has 0 spiro atoms. The van der Waals surface area contributed by atoms with Crippen LogP contribution in [0.15, 0.2) is 12.5 Å². The fourth-order valence-electron chi connectivity index (χ4n) is 3.72. The molecule has 0 radical (unpaired) electrons. The molecule has 3 rings (SSSR count). The van der Waals surface area contributed by atoms with Crippen molar-refractivity contribution in [2.45, 2.75) is 51.2 Å². The Kier molecular flexibility index (Phi) is 3.66. The molecule has 18 heavy (non-hydrogen) atoms. The first-order valence-electron chi connectivity index (χ1n) is 7.31. The van der Waals surface area contributed by atoms with Gasteiger partial charge in [0.1, 0.15) is 0 Å². The maximum absolute atomic E-state index is 5.57. The van der Waals surface area contributed by atoms with E-state index in [0.717, 1.165) is 25.0 Å². The van der Waals surface area contributed by atoms with Gasteiger partial charge < -0.3 is 10.3 Å². The van der Waals surface area contributed by atoms with Gasteiger partial charge in [0, 0.05) is 31.9 Å². The lowest BCUT2D eigenvalue weighted by Crippen LogP contribution is -2.41. The molecule has 1 aliphatic heterocycles. The largest absolute Gasteiger partial charge is 0.336 e. The Labute approximate surface area is 109 Å². The third kappa shape index (κ3) is 2.45. The number of imidazole rings is 1. The summed E-state index contributed by atoms with van der Waals surface area (Å²) in [4.78, 5) is 7.17. The number of aromatic nitrogens is 2. The average Bonchev–Trinajstić information content (AvgIpc) is 2.99. The van der Waals surface area contributed by atoms with Crippen molar-refractivity contribution in [3.63, 3.8) is 0 Å². The topological polar surface area (TPSA) is 47.1 Å². The molecule has 0 aromatic carbocycles. The van der Waals surface area contributed by atoms with Crippen LogP contribution in [-0.2, 0) is 13.1 Å².